The molecule has 1 aromatic heterocycles. The van der Waals surface area contributed by atoms with Gasteiger partial charge in [-0.25, -0.2) is 9.97 Å². The maximum absolute atomic E-state index is 12.5. The number of aryl methyl sites for hydroxylation is 1. The third-order valence-corrected chi connectivity index (χ3v) is 5.03. The van der Waals surface area contributed by atoms with Gasteiger partial charge in [0.05, 0.1) is 21.7 Å². The number of carbonyl (C=O) groups is 1. The summed E-state index contributed by atoms with van der Waals surface area (Å²) in [5, 5.41) is 3.80. The second-order valence-electron chi connectivity index (χ2n) is 5.73. The van der Waals surface area contributed by atoms with Gasteiger partial charge in [0, 0.05) is 5.56 Å². The van der Waals surface area contributed by atoms with E-state index in [1.807, 2.05) is 62.4 Å². The van der Waals surface area contributed by atoms with Crippen molar-refractivity contribution in [2.75, 3.05) is 5.32 Å². The first kappa shape index (κ1) is 18.4. The van der Waals surface area contributed by atoms with Crippen LogP contribution in [0.4, 0.5) is 5.69 Å². The number of carbonyl (C=O) groups excluding carboxylic acids is 1. The van der Waals surface area contributed by atoms with Crippen LogP contribution < -0.4 is 5.32 Å². The molecular formula is C20H18ClN3OS. The molecule has 3 aromatic rings. The fourth-order valence-corrected chi connectivity index (χ4v) is 3.46. The van der Waals surface area contributed by atoms with Crippen molar-refractivity contribution in [2.24, 2.45) is 0 Å². The minimum absolute atomic E-state index is 0.124. The standard InChI is InChI=1S/C20H18ClN3OS/c1-13(20(25)24-17-11-7-6-10-16(17)21)26-19-12-18(22-14(2)23-19)15-8-4-3-5-9-15/h3-13H,1-2H3,(H,24,25)/t13-/m0/s1. The lowest BCUT2D eigenvalue weighted by Crippen LogP contribution is -2.22. The van der Waals surface area contributed by atoms with Gasteiger partial charge in [0.1, 0.15) is 10.9 Å². The molecule has 26 heavy (non-hydrogen) atoms. The molecule has 0 unspecified atom stereocenters. The highest BCUT2D eigenvalue weighted by atomic mass is 35.5. The van der Waals surface area contributed by atoms with Gasteiger partial charge in [0.2, 0.25) is 5.91 Å². The lowest BCUT2D eigenvalue weighted by atomic mass is 10.1. The zero-order valence-electron chi connectivity index (χ0n) is 14.4. The summed E-state index contributed by atoms with van der Waals surface area (Å²) in [6.45, 7) is 3.70. The number of nitrogens with zero attached hydrogens (tertiary/aromatic N) is 2. The van der Waals surface area contributed by atoms with E-state index in [0.717, 1.165) is 16.3 Å². The van der Waals surface area contributed by atoms with Crippen LogP contribution in [0.5, 0.6) is 0 Å². The van der Waals surface area contributed by atoms with Gasteiger partial charge in [-0.15, -0.1) is 0 Å². The Bertz CT molecular complexity index is 918. The number of rotatable bonds is 5. The van der Waals surface area contributed by atoms with E-state index in [4.69, 9.17) is 11.6 Å². The van der Waals surface area contributed by atoms with Crippen molar-refractivity contribution in [3.8, 4) is 11.3 Å². The molecular weight excluding hydrogens is 366 g/mol. The molecule has 1 amide bonds. The average molecular weight is 384 g/mol. The van der Waals surface area contributed by atoms with Crippen molar-refractivity contribution in [1.82, 2.24) is 9.97 Å². The van der Waals surface area contributed by atoms with Gasteiger partial charge in [0.15, 0.2) is 0 Å². The highest BCUT2D eigenvalue weighted by Crippen LogP contribution is 2.27. The number of hydrogen-bond acceptors (Lipinski definition) is 4. The van der Waals surface area contributed by atoms with E-state index in [2.05, 4.69) is 15.3 Å². The first-order chi connectivity index (χ1) is 12.5. The zero-order chi connectivity index (χ0) is 18.5. The molecule has 0 aliphatic rings. The highest BCUT2D eigenvalue weighted by Gasteiger charge is 2.17. The van der Waals surface area contributed by atoms with Gasteiger partial charge in [-0.05, 0) is 32.0 Å². The molecule has 4 nitrogen and oxygen atoms in total. The molecule has 1 N–H and O–H groups in total. The van der Waals surface area contributed by atoms with Gasteiger partial charge in [-0.2, -0.15) is 0 Å². The van der Waals surface area contributed by atoms with Crippen LogP contribution in [-0.2, 0) is 4.79 Å². The summed E-state index contributed by atoms with van der Waals surface area (Å²) < 4.78 is 0. The molecule has 132 valence electrons. The van der Waals surface area contributed by atoms with E-state index in [1.54, 1.807) is 12.1 Å². The van der Waals surface area contributed by atoms with Crippen LogP contribution in [0.2, 0.25) is 5.02 Å². The van der Waals surface area contributed by atoms with Crippen LogP contribution in [0.3, 0.4) is 0 Å². The molecule has 0 aliphatic heterocycles. The largest absolute Gasteiger partial charge is 0.324 e. The SMILES string of the molecule is Cc1nc(S[C@@H](C)C(=O)Nc2ccccc2Cl)cc(-c2ccccc2)n1. The van der Waals surface area contributed by atoms with Gasteiger partial charge in [-0.1, -0.05) is 65.8 Å². The Kier molecular flexibility index (Phi) is 5.91. The Labute approximate surface area is 162 Å². The number of halogens is 1. The first-order valence-electron chi connectivity index (χ1n) is 8.16. The molecule has 0 saturated carbocycles. The van der Waals surface area contributed by atoms with E-state index < -0.39 is 0 Å². The van der Waals surface area contributed by atoms with Crippen LogP contribution >= 0.6 is 23.4 Å². The maximum Gasteiger partial charge on any atom is 0.237 e. The summed E-state index contributed by atoms with van der Waals surface area (Å²) in [7, 11) is 0. The fourth-order valence-electron chi connectivity index (χ4n) is 2.39. The number of para-hydroxylation sites is 1. The number of amides is 1. The molecule has 0 radical (unpaired) electrons. The Morgan fingerprint density at radius 1 is 1.08 bits per heavy atom. The Morgan fingerprint density at radius 2 is 1.77 bits per heavy atom. The third kappa shape index (κ3) is 4.62. The number of benzene rings is 2. The summed E-state index contributed by atoms with van der Waals surface area (Å²) in [5.74, 6) is 0.549. The maximum atomic E-state index is 12.5. The molecule has 0 fully saturated rings. The fraction of sp³-hybridized carbons (Fsp3) is 0.150. The second kappa shape index (κ2) is 8.34. The summed E-state index contributed by atoms with van der Waals surface area (Å²) in [6.07, 6.45) is 0. The third-order valence-electron chi connectivity index (χ3n) is 3.68. The smallest absolute Gasteiger partial charge is 0.237 e. The van der Waals surface area contributed by atoms with Crippen molar-refractivity contribution in [3.05, 3.63) is 71.5 Å². The van der Waals surface area contributed by atoms with Gasteiger partial charge >= 0.3 is 0 Å². The molecule has 2 aromatic carbocycles. The summed E-state index contributed by atoms with van der Waals surface area (Å²) in [5.41, 5.74) is 2.47. The number of thioether (sulfide) groups is 1. The van der Waals surface area contributed by atoms with Gasteiger partial charge in [-0.3, -0.25) is 4.79 Å². The molecule has 1 atom stereocenters. The van der Waals surface area contributed by atoms with Crippen molar-refractivity contribution in [3.63, 3.8) is 0 Å². The molecule has 6 heteroatoms. The molecule has 0 spiro atoms. The number of aromatic nitrogens is 2. The molecule has 0 bridgehead atoms. The topological polar surface area (TPSA) is 54.9 Å². The van der Waals surface area contributed by atoms with E-state index in [1.165, 1.54) is 11.8 Å². The Morgan fingerprint density at radius 3 is 2.50 bits per heavy atom. The summed E-state index contributed by atoms with van der Waals surface area (Å²) in [4.78, 5) is 21.4. The molecule has 3 rings (SSSR count). The molecule has 1 heterocycles. The Hall–Kier alpha value is -2.37. The van der Waals surface area contributed by atoms with Crippen LogP contribution in [0, 0.1) is 6.92 Å². The summed E-state index contributed by atoms with van der Waals surface area (Å²) in [6, 6.07) is 19.0. The highest BCUT2D eigenvalue weighted by molar-refractivity contribution is 8.00. The van der Waals surface area contributed by atoms with Crippen LogP contribution in [0.15, 0.2) is 65.7 Å². The van der Waals surface area contributed by atoms with E-state index >= 15 is 0 Å². The first-order valence-corrected chi connectivity index (χ1v) is 9.42. The lowest BCUT2D eigenvalue weighted by molar-refractivity contribution is -0.115. The van der Waals surface area contributed by atoms with E-state index in [0.29, 0.717) is 16.5 Å². The monoisotopic (exact) mass is 383 g/mol. The molecule has 0 aliphatic carbocycles. The van der Waals surface area contributed by atoms with Gasteiger partial charge < -0.3 is 5.32 Å². The van der Waals surface area contributed by atoms with Crippen LogP contribution in [0.25, 0.3) is 11.3 Å². The number of anilines is 1. The zero-order valence-corrected chi connectivity index (χ0v) is 16.0. The Balaban J connectivity index is 1.75. The van der Waals surface area contributed by atoms with E-state index in [9.17, 15) is 4.79 Å². The van der Waals surface area contributed by atoms with Crippen molar-refractivity contribution >= 4 is 35.0 Å². The second-order valence-corrected chi connectivity index (χ2v) is 7.50. The minimum atomic E-state index is -0.329. The van der Waals surface area contributed by atoms with Gasteiger partial charge in [0.25, 0.3) is 0 Å². The minimum Gasteiger partial charge on any atom is -0.324 e. The number of nitrogens with one attached hydrogen (secondary N) is 1. The van der Waals surface area contributed by atoms with Crippen LogP contribution in [0.1, 0.15) is 12.7 Å². The summed E-state index contributed by atoms with van der Waals surface area (Å²) >= 11 is 7.49. The molecule has 0 saturated heterocycles. The van der Waals surface area contributed by atoms with Crippen molar-refractivity contribution < 1.29 is 4.79 Å². The average Bonchev–Trinajstić information content (AvgIpc) is 2.64. The predicted octanol–water partition coefficient (Wildman–Crippen LogP) is 5.22. The van der Waals surface area contributed by atoms with Crippen LogP contribution in [-0.4, -0.2) is 21.1 Å². The quantitative estimate of drug-likeness (QED) is 0.484. The van der Waals surface area contributed by atoms with E-state index in [-0.39, 0.29) is 11.2 Å². The normalized spacial score (nSPS) is 11.8. The number of hydrogen-bond donors (Lipinski definition) is 1. The predicted molar refractivity (Wildman–Crippen MR) is 108 cm³/mol. The lowest BCUT2D eigenvalue weighted by Gasteiger charge is -2.13. The van der Waals surface area contributed by atoms with Crippen molar-refractivity contribution in [2.45, 2.75) is 24.1 Å². The van der Waals surface area contributed by atoms with Crippen molar-refractivity contribution in [1.29, 1.82) is 0 Å².